The predicted molar refractivity (Wildman–Crippen MR) is 121 cm³/mol. The van der Waals surface area contributed by atoms with Crippen molar-refractivity contribution in [2.24, 2.45) is 4.99 Å². The third kappa shape index (κ3) is 5.86. The van der Waals surface area contributed by atoms with Gasteiger partial charge in [-0.25, -0.2) is 0 Å². The first kappa shape index (κ1) is 22.4. The molecular weight excluding hydrogens is 392 g/mol. The van der Waals surface area contributed by atoms with Gasteiger partial charge >= 0.3 is 0 Å². The summed E-state index contributed by atoms with van der Waals surface area (Å²) < 4.78 is 17.8. The topological polar surface area (TPSA) is 66.0 Å². The normalized spacial score (nSPS) is 33.6. The van der Waals surface area contributed by atoms with E-state index in [1.54, 1.807) is 0 Å². The molecule has 0 spiro atoms. The van der Waals surface area contributed by atoms with E-state index < -0.39 is 10.8 Å². The highest BCUT2D eigenvalue weighted by Crippen LogP contribution is 2.34. The number of aliphatic imine (C=N–C) groups is 1. The third-order valence-electron chi connectivity index (χ3n) is 6.26. The molecule has 0 aromatic rings. The summed E-state index contributed by atoms with van der Waals surface area (Å²) in [5, 5.41) is 7.45. The molecule has 4 atom stereocenters. The molecule has 4 unspecified atom stereocenters. The van der Waals surface area contributed by atoms with Crippen LogP contribution in [0.4, 0.5) is 0 Å². The fourth-order valence-electron chi connectivity index (χ4n) is 4.60. The van der Waals surface area contributed by atoms with Gasteiger partial charge < -0.3 is 15.4 Å². The van der Waals surface area contributed by atoms with Gasteiger partial charge in [0, 0.05) is 53.2 Å². The van der Waals surface area contributed by atoms with Crippen LogP contribution in [0.2, 0.25) is 0 Å². The quantitative estimate of drug-likeness (QED) is 0.475. The van der Waals surface area contributed by atoms with E-state index in [0.717, 1.165) is 82.5 Å². The number of guanidine groups is 1. The lowest BCUT2D eigenvalue weighted by molar-refractivity contribution is -0.0104. The highest BCUT2D eigenvalue weighted by molar-refractivity contribution is 7.99. The average molecular weight is 431 g/mol. The Hall–Kier alpha value is -0.310. The van der Waals surface area contributed by atoms with Crippen LogP contribution in [-0.4, -0.2) is 88.6 Å². The lowest BCUT2D eigenvalue weighted by atomic mass is 9.95. The van der Waals surface area contributed by atoms with E-state index in [1.807, 2.05) is 6.92 Å². The molecule has 8 heteroatoms. The van der Waals surface area contributed by atoms with Crippen molar-refractivity contribution in [1.82, 2.24) is 15.5 Å². The SMILES string of the molecule is CCNC(=NCC1(N2CCOCC2)CCSC1)NC1CCCC(S(=O)CC)C1. The van der Waals surface area contributed by atoms with Gasteiger partial charge in [0.15, 0.2) is 5.96 Å². The standard InChI is InChI=1S/C20H38N4O2S2/c1-3-21-19(23-17-6-5-7-18(14-17)28(25)4-2)22-15-20(8-13-27-16-20)24-9-11-26-12-10-24/h17-18H,3-16H2,1-2H3,(H2,21,22,23). The zero-order valence-electron chi connectivity index (χ0n) is 17.6. The summed E-state index contributed by atoms with van der Waals surface area (Å²) >= 11 is 2.05. The number of morpholine rings is 1. The summed E-state index contributed by atoms with van der Waals surface area (Å²) in [6, 6.07) is 0.379. The lowest BCUT2D eigenvalue weighted by Crippen LogP contribution is -2.56. The summed E-state index contributed by atoms with van der Waals surface area (Å²) in [7, 11) is -0.690. The van der Waals surface area contributed by atoms with Crippen LogP contribution in [0.3, 0.4) is 0 Å². The number of rotatable bonds is 7. The molecule has 0 bridgehead atoms. The minimum absolute atomic E-state index is 0.176. The van der Waals surface area contributed by atoms with Crippen molar-refractivity contribution in [2.75, 3.05) is 56.7 Å². The van der Waals surface area contributed by atoms with Crippen LogP contribution in [0.5, 0.6) is 0 Å². The Morgan fingerprint density at radius 2 is 2.14 bits per heavy atom. The van der Waals surface area contributed by atoms with Gasteiger partial charge in [0.05, 0.1) is 25.3 Å². The minimum atomic E-state index is -0.690. The second kappa shape index (κ2) is 11.2. The van der Waals surface area contributed by atoms with Crippen LogP contribution < -0.4 is 10.6 Å². The summed E-state index contributed by atoms with van der Waals surface area (Å²) in [6.07, 6.45) is 5.61. The number of hydrogen-bond donors (Lipinski definition) is 2. The molecule has 0 aromatic carbocycles. The van der Waals surface area contributed by atoms with Crippen LogP contribution in [0, 0.1) is 0 Å². The molecule has 0 aromatic heterocycles. The van der Waals surface area contributed by atoms with E-state index in [4.69, 9.17) is 9.73 Å². The second-order valence-electron chi connectivity index (χ2n) is 8.12. The Morgan fingerprint density at radius 1 is 1.32 bits per heavy atom. The fourth-order valence-corrected chi connectivity index (χ4v) is 7.41. The van der Waals surface area contributed by atoms with E-state index in [2.05, 4.69) is 34.2 Å². The zero-order chi connectivity index (χ0) is 19.8. The molecule has 3 rings (SSSR count). The van der Waals surface area contributed by atoms with Gasteiger partial charge in [-0.2, -0.15) is 11.8 Å². The second-order valence-corrected chi connectivity index (χ2v) is 11.2. The first-order valence-corrected chi connectivity index (χ1v) is 13.5. The van der Waals surface area contributed by atoms with Crippen LogP contribution in [0.1, 0.15) is 46.0 Å². The van der Waals surface area contributed by atoms with Gasteiger partial charge in [-0.05, 0) is 38.4 Å². The van der Waals surface area contributed by atoms with Gasteiger partial charge in [0.2, 0.25) is 0 Å². The molecule has 1 saturated carbocycles. The average Bonchev–Trinajstić information content (AvgIpc) is 3.23. The van der Waals surface area contributed by atoms with Crippen molar-refractivity contribution in [2.45, 2.75) is 62.8 Å². The first-order chi connectivity index (χ1) is 13.7. The predicted octanol–water partition coefficient (Wildman–Crippen LogP) is 1.83. The van der Waals surface area contributed by atoms with Crippen LogP contribution in [0.15, 0.2) is 4.99 Å². The molecule has 0 amide bonds. The molecule has 2 heterocycles. The van der Waals surface area contributed by atoms with Gasteiger partial charge in [-0.3, -0.25) is 14.1 Å². The van der Waals surface area contributed by atoms with Crippen LogP contribution in [-0.2, 0) is 15.5 Å². The van der Waals surface area contributed by atoms with Gasteiger partial charge in [0.1, 0.15) is 0 Å². The molecule has 2 saturated heterocycles. The molecule has 1 aliphatic carbocycles. The molecule has 162 valence electrons. The summed E-state index contributed by atoms with van der Waals surface area (Å²) in [5.74, 6) is 4.09. The Kier molecular flexibility index (Phi) is 8.94. The smallest absolute Gasteiger partial charge is 0.191 e. The molecule has 3 aliphatic rings. The third-order valence-corrected chi connectivity index (χ3v) is 9.24. The van der Waals surface area contributed by atoms with Crippen molar-refractivity contribution < 1.29 is 8.95 Å². The van der Waals surface area contributed by atoms with Crippen LogP contribution >= 0.6 is 11.8 Å². The van der Waals surface area contributed by atoms with E-state index >= 15 is 0 Å². The van der Waals surface area contributed by atoms with Gasteiger partial charge in [0.25, 0.3) is 0 Å². The summed E-state index contributed by atoms with van der Waals surface area (Å²) in [5.41, 5.74) is 0.176. The molecule has 2 aliphatic heterocycles. The lowest BCUT2D eigenvalue weighted by Gasteiger charge is -2.42. The summed E-state index contributed by atoms with van der Waals surface area (Å²) in [6.45, 7) is 9.58. The number of hydrogen-bond acceptors (Lipinski definition) is 5. The highest BCUT2D eigenvalue weighted by Gasteiger charge is 2.40. The Labute approximate surface area is 177 Å². The van der Waals surface area contributed by atoms with Crippen molar-refractivity contribution in [3.05, 3.63) is 0 Å². The fraction of sp³-hybridized carbons (Fsp3) is 0.950. The highest BCUT2D eigenvalue weighted by atomic mass is 32.2. The monoisotopic (exact) mass is 430 g/mol. The first-order valence-electron chi connectivity index (χ1n) is 11.0. The molecule has 3 fully saturated rings. The molecular formula is C20H38N4O2S2. The maximum atomic E-state index is 12.3. The molecule has 0 radical (unpaired) electrons. The number of nitrogens with zero attached hydrogens (tertiary/aromatic N) is 2. The van der Waals surface area contributed by atoms with E-state index in [-0.39, 0.29) is 5.54 Å². The zero-order valence-corrected chi connectivity index (χ0v) is 19.2. The Morgan fingerprint density at radius 3 is 2.82 bits per heavy atom. The van der Waals surface area contributed by atoms with E-state index in [1.165, 1.54) is 12.2 Å². The van der Waals surface area contributed by atoms with E-state index in [0.29, 0.717) is 11.3 Å². The van der Waals surface area contributed by atoms with Crippen molar-refractivity contribution in [1.29, 1.82) is 0 Å². The van der Waals surface area contributed by atoms with Gasteiger partial charge in [-0.1, -0.05) is 13.3 Å². The van der Waals surface area contributed by atoms with Crippen molar-refractivity contribution >= 4 is 28.5 Å². The summed E-state index contributed by atoms with van der Waals surface area (Å²) in [4.78, 5) is 7.67. The molecule has 6 nitrogen and oxygen atoms in total. The maximum absolute atomic E-state index is 12.3. The Bertz CT molecular complexity index is 534. The minimum Gasteiger partial charge on any atom is -0.379 e. The van der Waals surface area contributed by atoms with Crippen molar-refractivity contribution in [3.63, 3.8) is 0 Å². The number of thioether (sulfide) groups is 1. The number of ether oxygens (including phenoxy) is 1. The molecule has 28 heavy (non-hydrogen) atoms. The van der Waals surface area contributed by atoms with Crippen LogP contribution in [0.25, 0.3) is 0 Å². The molecule has 2 N–H and O–H groups in total. The van der Waals surface area contributed by atoms with Gasteiger partial charge in [-0.15, -0.1) is 0 Å². The van der Waals surface area contributed by atoms with Crippen molar-refractivity contribution in [3.8, 4) is 0 Å². The largest absolute Gasteiger partial charge is 0.379 e. The maximum Gasteiger partial charge on any atom is 0.191 e. The van der Waals surface area contributed by atoms with E-state index in [9.17, 15) is 4.21 Å². The Balaban J connectivity index is 1.63. The number of nitrogens with one attached hydrogen (secondary N) is 2.